The van der Waals surface area contributed by atoms with E-state index in [1.54, 1.807) is 30.1 Å². The molecule has 0 bridgehead atoms. The van der Waals surface area contributed by atoms with E-state index in [4.69, 9.17) is 21.9 Å². The van der Waals surface area contributed by atoms with Gasteiger partial charge in [0.1, 0.15) is 5.76 Å². The maximum Gasteiger partial charge on any atom is 0.253 e. The van der Waals surface area contributed by atoms with Crippen molar-refractivity contribution < 1.29 is 9.32 Å². The highest BCUT2D eigenvalue weighted by atomic mass is 35.5. The third-order valence-corrected chi connectivity index (χ3v) is 3.50. The van der Waals surface area contributed by atoms with Crippen LogP contribution in [0.3, 0.4) is 0 Å². The second kappa shape index (κ2) is 5.54. The number of nitrogen functional groups attached to an aromatic ring is 1. The predicted octanol–water partition coefficient (Wildman–Crippen LogP) is 2.80. The lowest BCUT2D eigenvalue weighted by Gasteiger charge is -2.17. The predicted molar refractivity (Wildman–Crippen MR) is 77.6 cm³/mol. The molecule has 0 aliphatic rings. The Morgan fingerprint density at radius 2 is 2.15 bits per heavy atom. The topological polar surface area (TPSA) is 72.4 Å². The van der Waals surface area contributed by atoms with Gasteiger partial charge in [-0.25, -0.2) is 0 Å². The summed E-state index contributed by atoms with van der Waals surface area (Å²) in [6, 6.07) is 4.86. The molecule has 0 aliphatic carbocycles. The van der Waals surface area contributed by atoms with Gasteiger partial charge < -0.3 is 15.2 Å². The number of nitrogens with zero attached hydrogens (tertiary/aromatic N) is 2. The van der Waals surface area contributed by atoms with Gasteiger partial charge in [-0.3, -0.25) is 4.79 Å². The van der Waals surface area contributed by atoms with Crippen molar-refractivity contribution in [2.45, 2.75) is 20.4 Å². The third-order valence-electron chi connectivity index (χ3n) is 3.17. The number of carbonyl (C=O) groups excluding carboxylic acids is 1. The molecule has 106 valence electrons. The van der Waals surface area contributed by atoms with E-state index < -0.39 is 0 Å². The molecule has 2 rings (SSSR count). The van der Waals surface area contributed by atoms with Crippen molar-refractivity contribution in [3.8, 4) is 0 Å². The van der Waals surface area contributed by atoms with E-state index in [2.05, 4.69) is 5.16 Å². The van der Waals surface area contributed by atoms with Crippen molar-refractivity contribution in [2.75, 3.05) is 12.8 Å². The minimum Gasteiger partial charge on any atom is -0.398 e. The van der Waals surface area contributed by atoms with Crippen molar-refractivity contribution in [2.24, 2.45) is 0 Å². The van der Waals surface area contributed by atoms with Crippen LogP contribution in [0.5, 0.6) is 0 Å². The lowest BCUT2D eigenvalue weighted by Crippen LogP contribution is -2.26. The van der Waals surface area contributed by atoms with Crippen LogP contribution >= 0.6 is 11.6 Å². The van der Waals surface area contributed by atoms with Crippen LogP contribution in [0.2, 0.25) is 5.02 Å². The van der Waals surface area contributed by atoms with Crippen LogP contribution in [0.1, 0.15) is 27.4 Å². The van der Waals surface area contributed by atoms with Crippen molar-refractivity contribution >= 4 is 23.2 Å². The smallest absolute Gasteiger partial charge is 0.253 e. The SMILES string of the molecule is Cc1noc(C)c1CN(C)C(=O)c1ccc(N)c(Cl)c1. The first kappa shape index (κ1) is 14.4. The van der Waals surface area contributed by atoms with Gasteiger partial charge in [0.05, 0.1) is 22.9 Å². The maximum atomic E-state index is 12.3. The minimum atomic E-state index is -0.132. The van der Waals surface area contributed by atoms with Crippen molar-refractivity contribution in [3.63, 3.8) is 0 Å². The Morgan fingerprint density at radius 3 is 2.70 bits per heavy atom. The summed E-state index contributed by atoms with van der Waals surface area (Å²) in [7, 11) is 1.72. The fraction of sp³-hybridized carbons (Fsp3) is 0.286. The van der Waals surface area contributed by atoms with E-state index in [0.29, 0.717) is 22.8 Å². The molecule has 0 radical (unpaired) electrons. The number of hydrogen-bond donors (Lipinski definition) is 1. The second-order valence-corrected chi connectivity index (χ2v) is 5.11. The van der Waals surface area contributed by atoms with Gasteiger partial charge in [-0.1, -0.05) is 16.8 Å². The molecule has 1 heterocycles. The van der Waals surface area contributed by atoms with Gasteiger partial charge in [0.25, 0.3) is 5.91 Å². The summed E-state index contributed by atoms with van der Waals surface area (Å²) < 4.78 is 5.09. The number of anilines is 1. The largest absolute Gasteiger partial charge is 0.398 e. The molecule has 0 saturated heterocycles. The number of carbonyl (C=O) groups is 1. The Kier molecular flexibility index (Phi) is 3.99. The number of amides is 1. The number of aromatic nitrogens is 1. The molecule has 20 heavy (non-hydrogen) atoms. The van der Waals surface area contributed by atoms with E-state index >= 15 is 0 Å². The first-order valence-corrected chi connectivity index (χ1v) is 6.50. The van der Waals surface area contributed by atoms with Crippen LogP contribution in [-0.2, 0) is 6.54 Å². The van der Waals surface area contributed by atoms with Gasteiger partial charge in [0, 0.05) is 18.2 Å². The lowest BCUT2D eigenvalue weighted by molar-refractivity contribution is 0.0784. The Balaban J connectivity index is 2.18. The summed E-state index contributed by atoms with van der Waals surface area (Å²) in [6.45, 7) is 4.11. The molecule has 6 heteroatoms. The molecule has 0 fully saturated rings. The normalized spacial score (nSPS) is 10.6. The third kappa shape index (κ3) is 2.77. The molecule has 2 N–H and O–H groups in total. The first-order valence-electron chi connectivity index (χ1n) is 6.12. The number of rotatable bonds is 3. The Hall–Kier alpha value is -2.01. The molecule has 1 aromatic carbocycles. The van der Waals surface area contributed by atoms with Gasteiger partial charge in [-0.15, -0.1) is 0 Å². The number of halogens is 1. The fourth-order valence-electron chi connectivity index (χ4n) is 1.92. The van der Waals surface area contributed by atoms with E-state index in [9.17, 15) is 4.79 Å². The van der Waals surface area contributed by atoms with Gasteiger partial charge in [-0.2, -0.15) is 0 Å². The van der Waals surface area contributed by atoms with E-state index in [-0.39, 0.29) is 5.91 Å². The van der Waals surface area contributed by atoms with Crippen LogP contribution in [0.4, 0.5) is 5.69 Å². The zero-order valence-corrected chi connectivity index (χ0v) is 12.4. The summed E-state index contributed by atoms with van der Waals surface area (Å²) in [5.74, 6) is 0.587. The average Bonchev–Trinajstić information content (AvgIpc) is 2.72. The second-order valence-electron chi connectivity index (χ2n) is 4.70. The minimum absolute atomic E-state index is 0.132. The molecule has 0 unspecified atom stereocenters. The Bertz CT molecular complexity index is 632. The van der Waals surface area contributed by atoms with Crippen LogP contribution < -0.4 is 5.73 Å². The van der Waals surface area contributed by atoms with E-state index in [1.165, 1.54) is 0 Å². The number of nitrogens with two attached hydrogens (primary N) is 1. The molecule has 1 aromatic heterocycles. The molecule has 0 spiro atoms. The van der Waals surface area contributed by atoms with Crippen LogP contribution in [0, 0.1) is 13.8 Å². The highest BCUT2D eigenvalue weighted by molar-refractivity contribution is 6.33. The zero-order chi connectivity index (χ0) is 14.9. The first-order chi connectivity index (χ1) is 9.40. The summed E-state index contributed by atoms with van der Waals surface area (Å²) in [4.78, 5) is 13.9. The molecule has 5 nitrogen and oxygen atoms in total. The Labute approximate surface area is 122 Å². The van der Waals surface area contributed by atoms with Crippen molar-refractivity contribution in [1.82, 2.24) is 10.1 Å². The fourth-order valence-corrected chi connectivity index (χ4v) is 2.10. The quantitative estimate of drug-likeness (QED) is 0.883. The van der Waals surface area contributed by atoms with E-state index in [0.717, 1.165) is 17.0 Å². The number of aryl methyl sites for hydroxylation is 2. The van der Waals surface area contributed by atoms with Crippen LogP contribution in [0.15, 0.2) is 22.7 Å². The molecular formula is C14H16ClN3O2. The summed E-state index contributed by atoms with van der Waals surface area (Å²) >= 11 is 5.94. The van der Waals surface area contributed by atoms with E-state index in [1.807, 2.05) is 13.8 Å². The van der Waals surface area contributed by atoms with Crippen molar-refractivity contribution in [3.05, 3.63) is 45.8 Å². The molecule has 0 aliphatic heterocycles. The highest BCUT2D eigenvalue weighted by Crippen LogP contribution is 2.21. The number of benzene rings is 1. The zero-order valence-electron chi connectivity index (χ0n) is 11.6. The van der Waals surface area contributed by atoms with Gasteiger partial charge in [0.2, 0.25) is 0 Å². The monoisotopic (exact) mass is 293 g/mol. The van der Waals surface area contributed by atoms with Gasteiger partial charge in [0.15, 0.2) is 0 Å². The number of hydrogen-bond acceptors (Lipinski definition) is 4. The van der Waals surface area contributed by atoms with Crippen LogP contribution in [0.25, 0.3) is 0 Å². The summed E-state index contributed by atoms with van der Waals surface area (Å²) in [6.07, 6.45) is 0. The van der Waals surface area contributed by atoms with Crippen molar-refractivity contribution in [1.29, 1.82) is 0 Å². The molecule has 2 aromatic rings. The molecular weight excluding hydrogens is 278 g/mol. The van der Waals surface area contributed by atoms with Gasteiger partial charge in [-0.05, 0) is 32.0 Å². The lowest BCUT2D eigenvalue weighted by atomic mass is 10.1. The molecule has 0 saturated carbocycles. The van der Waals surface area contributed by atoms with Crippen LogP contribution in [-0.4, -0.2) is 23.0 Å². The molecule has 1 amide bonds. The standard InChI is InChI=1S/C14H16ClN3O2/c1-8-11(9(2)20-17-8)7-18(3)14(19)10-4-5-13(16)12(15)6-10/h4-6H,7,16H2,1-3H3. The maximum absolute atomic E-state index is 12.3. The average molecular weight is 294 g/mol. The Morgan fingerprint density at radius 1 is 1.45 bits per heavy atom. The summed E-state index contributed by atoms with van der Waals surface area (Å²) in [5.41, 5.74) is 8.30. The highest BCUT2D eigenvalue weighted by Gasteiger charge is 2.17. The van der Waals surface area contributed by atoms with Gasteiger partial charge >= 0.3 is 0 Å². The molecule has 0 atom stereocenters. The summed E-state index contributed by atoms with van der Waals surface area (Å²) in [5, 5.41) is 4.25.